The van der Waals surface area contributed by atoms with E-state index < -0.39 is 0 Å². The fourth-order valence-electron chi connectivity index (χ4n) is 4.40. The number of anilines is 2. The molecule has 1 saturated carbocycles. The topological polar surface area (TPSA) is 67.3 Å². The monoisotopic (exact) mass is 408 g/mol. The lowest BCUT2D eigenvalue weighted by Gasteiger charge is -2.31. The summed E-state index contributed by atoms with van der Waals surface area (Å²) in [7, 11) is 1.42. The van der Waals surface area contributed by atoms with Gasteiger partial charge >= 0.3 is 5.97 Å². The highest BCUT2D eigenvalue weighted by atomic mass is 16.5. The summed E-state index contributed by atoms with van der Waals surface area (Å²) in [6, 6.07) is 8.48. The quantitative estimate of drug-likeness (QED) is 0.724. The van der Waals surface area contributed by atoms with E-state index in [2.05, 4.69) is 30.1 Å². The van der Waals surface area contributed by atoms with Crippen LogP contribution in [-0.4, -0.2) is 35.6 Å². The summed E-state index contributed by atoms with van der Waals surface area (Å²) in [5.41, 5.74) is 3.07. The largest absolute Gasteiger partial charge is 0.465 e. The number of methoxy groups -OCH3 is 1. The molecule has 1 N–H and O–H groups in total. The van der Waals surface area contributed by atoms with Crippen molar-refractivity contribution in [3.63, 3.8) is 0 Å². The van der Waals surface area contributed by atoms with Crippen LogP contribution < -0.4 is 10.2 Å². The molecule has 1 aromatic heterocycles. The lowest BCUT2D eigenvalue weighted by atomic mass is 9.95. The molecule has 0 radical (unpaired) electrons. The Morgan fingerprint density at radius 1 is 1.13 bits per heavy atom. The lowest BCUT2D eigenvalue weighted by Crippen LogP contribution is -2.32. The summed E-state index contributed by atoms with van der Waals surface area (Å²) in [6.45, 7) is 5.94. The maximum Gasteiger partial charge on any atom is 0.337 e. The van der Waals surface area contributed by atoms with Gasteiger partial charge in [-0.3, -0.25) is 0 Å². The first-order valence-corrected chi connectivity index (χ1v) is 11.1. The van der Waals surface area contributed by atoms with E-state index in [0.29, 0.717) is 11.6 Å². The van der Waals surface area contributed by atoms with Crippen molar-refractivity contribution in [1.82, 2.24) is 9.97 Å². The summed E-state index contributed by atoms with van der Waals surface area (Å²) in [5, 5.41) is 3.67. The predicted octanol–water partition coefficient (Wildman–Crippen LogP) is 4.69. The summed E-state index contributed by atoms with van der Waals surface area (Å²) in [6.07, 6.45) is 7.25. The molecule has 1 aliphatic carbocycles. The van der Waals surface area contributed by atoms with E-state index in [1.807, 2.05) is 18.2 Å². The van der Waals surface area contributed by atoms with Crippen LogP contribution in [0.4, 0.5) is 11.6 Å². The maximum absolute atomic E-state index is 11.8. The van der Waals surface area contributed by atoms with Gasteiger partial charge in [-0.15, -0.1) is 0 Å². The standard InChI is InChI=1S/C24H32N4O2/c1-16(2)23-26-21(25-20-7-5-4-6-8-20)14-22(27-23)28-12-11-17-13-18(24(29)30-3)9-10-19(17)15-28/h9-10,13-14,16,20H,4-8,11-12,15H2,1-3H3,(H,25,26,27). The van der Waals surface area contributed by atoms with Gasteiger partial charge in [0, 0.05) is 31.1 Å². The molecule has 6 heteroatoms. The summed E-state index contributed by atoms with van der Waals surface area (Å²) < 4.78 is 4.86. The molecule has 0 spiro atoms. The molecule has 0 unspecified atom stereocenters. The fraction of sp³-hybridized carbons (Fsp3) is 0.542. The highest BCUT2D eigenvalue weighted by Crippen LogP contribution is 2.28. The van der Waals surface area contributed by atoms with E-state index in [9.17, 15) is 4.79 Å². The average Bonchev–Trinajstić information content (AvgIpc) is 2.78. The van der Waals surface area contributed by atoms with Crippen molar-refractivity contribution >= 4 is 17.6 Å². The van der Waals surface area contributed by atoms with E-state index in [1.165, 1.54) is 50.3 Å². The molecule has 160 valence electrons. The third-order valence-corrected chi connectivity index (χ3v) is 6.17. The van der Waals surface area contributed by atoms with Gasteiger partial charge in [0.15, 0.2) is 0 Å². The smallest absolute Gasteiger partial charge is 0.337 e. The molecule has 4 rings (SSSR count). The van der Waals surface area contributed by atoms with Crippen LogP contribution in [0.1, 0.15) is 79.2 Å². The molecule has 2 heterocycles. The number of benzene rings is 1. The second-order valence-corrected chi connectivity index (χ2v) is 8.75. The Balaban J connectivity index is 1.56. The van der Waals surface area contributed by atoms with Crippen LogP contribution >= 0.6 is 0 Å². The first kappa shape index (κ1) is 20.6. The zero-order valence-corrected chi connectivity index (χ0v) is 18.3. The van der Waals surface area contributed by atoms with Crippen molar-refractivity contribution in [3.05, 3.63) is 46.8 Å². The highest BCUT2D eigenvalue weighted by molar-refractivity contribution is 5.89. The van der Waals surface area contributed by atoms with E-state index in [1.54, 1.807) is 0 Å². The first-order chi connectivity index (χ1) is 14.5. The number of ether oxygens (including phenoxy) is 1. The summed E-state index contributed by atoms with van der Waals surface area (Å²) in [5.74, 6) is 2.81. The van der Waals surface area contributed by atoms with E-state index in [-0.39, 0.29) is 11.9 Å². The van der Waals surface area contributed by atoms with Gasteiger partial charge in [-0.05, 0) is 42.5 Å². The lowest BCUT2D eigenvalue weighted by molar-refractivity contribution is 0.0600. The Bertz CT molecular complexity index is 906. The van der Waals surface area contributed by atoms with Crippen LogP contribution in [-0.2, 0) is 17.7 Å². The van der Waals surface area contributed by atoms with Crippen LogP contribution in [0.15, 0.2) is 24.3 Å². The molecule has 0 saturated heterocycles. The Kier molecular flexibility index (Phi) is 6.21. The van der Waals surface area contributed by atoms with Crippen LogP contribution in [0.25, 0.3) is 0 Å². The normalized spacial score (nSPS) is 17.0. The van der Waals surface area contributed by atoms with Crippen molar-refractivity contribution < 1.29 is 9.53 Å². The number of carbonyl (C=O) groups excluding carboxylic acids is 1. The van der Waals surface area contributed by atoms with Crippen LogP contribution in [0.5, 0.6) is 0 Å². The molecular formula is C24H32N4O2. The van der Waals surface area contributed by atoms with Gasteiger partial charge in [-0.1, -0.05) is 39.2 Å². The van der Waals surface area contributed by atoms with Crippen molar-refractivity contribution in [2.45, 2.75) is 70.9 Å². The number of nitrogens with zero attached hydrogens (tertiary/aromatic N) is 3. The Morgan fingerprint density at radius 2 is 1.93 bits per heavy atom. The first-order valence-electron chi connectivity index (χ1n) is 11.1. The van der Waals surface area contributed by atoms with E-state index in [4.69, 9.17) is 14.7 Å². The Morgan fingerprint density at radius 3 is 2.67 bits per heavy atom. The SMILES string of the molecule is COC(=O)c1ccc2c(c1)CCN(c1cc(NC3CCCCC3)nc(C(C)C)n1)C2. The predicted molar refractivity (Wildman–Crippen MR) is 119 cm³/mol. The fourth-order valence-corrected chi connectivity index (χ4v) is 4.40. The van der Waals surface area contributed by atoms with Gasteiger partial charge in [0.25, 0.3) is 0 Å². The molecule has 1 aliphatic heterocycles. The van der Waals surface area contributed by atoms with Crippen molar-refractivity contribution in [2.24, 2.45) is 0 Å². The minimum Gasteiger partial charge on any atom is -0.465 e. The minimum absolute atomic E-state index is 0.275. The number of aromatic nitrogens is 2. The van der Waals surface area contributed by atoms with Crippen molar-refractivity contribution in [3.8, 4) is 0 Å². The number of esters is 1. The molecule has 0 amide bonds. The number of rotatable bonds is 5. The molecule has 0 atom stereocenters. The molecule has 0 bridgehead atoms. The Labute approximate surface area is 179 Å². The number of carbonyl (C=O) groups is 1. The van der Waals surface area contributed by atoms with Crippen molar-refractivity contribution in [1.29, 1.82) is 0 Å². The van der Waals surface area contributed by atoms with Crippen LogP contribution in [0, 0.1) is 0 Å². The number of fused-ring (bicyclic) bond motifs is 1. The van der Waals surface area contributed by atoms with E-state index >= 15 is 0 Å². The van der Waals surface area contributed by atoms with Crippen LogP contribution in [0.2, 0.25) is 0 Å². The van der Waals surface area contributed by atoms with Gasteiger partial charge in [-0.25, -0.2) is 14.8 Å². The second-order valence-electron chi connectivity index (χ2n) is 8.75. The third-order valence-electron chi connectivity index (χ3n) is 6.17. The van der Waals surface area contributed by atoms with Crippen LogP contribution in [0.3, 0.4) is 0 Å². The molecule has 6 nitrogen and oxygen atoms in total. The second kappa shape index (κ2) is 9.02. The molecule has 1 fully saturated rings. The zero-order chi connectivity index (χ0) is 21.1. The Hall–Kier alpha value is -2.63. The summed E-state index contributed by atoms with van der Waals surface area (Å²) in [4.78, 5) is 23.8. The van der Waals surface area contributed by atoms with E-state index in [0.717, 1.165) is 37.0 Å². The zero-order valence-electron chi connectivity index (χ0n) is 18.3. The van der Waals surface area contributed by atoms with Gasteiger partial charge in [0.2, 0.25) is 0 Å². The third kappa shape index (κ3) is 4.58. The molecule has 30 heavy (non-hydrogen) atoms. The number of nitrogens with one attached hydrogen (secondary N) is 1. The molecule has 1 aromatic carbocycles. The number of hydrogen-bond donors (Lipinski definition) is 1. The van der Waals surface area contributed by atoms with Gasteiger partial charge < -0.3 is 15.0 Å². The highest BCUT2D eigenvalue weighted by Gasteiger charge is 2.22. The molecular weight excluding hydrogens is 376 g/mol. The summed E-state index contributed by atoms with van der Waals surface area (Å²) >= 11 is 0. The minimum atomic E-state index is -0.281. The molecule has 2 aromatic rings. The number of hydrogen-bond acceptors (Lipinski definition) is 6. The van der Waals surface area contributed by atoms with Crippen molar-refractivity contribution in [2.75, 3.05) is 23.9 Å². The average molecular weight is 409 g/mol. The molecule has 2 aliphatic rings. The maximum atomic E-state index is 11.8. The van der Waals surface area contributed by atoms with Gasteiger partial charge in [0.05, 0.1) is 12.7 Å². The van der Waals surface area contributed by atoms with Gasteiger partial charge in [0.1, 0.15) is 17.5 Å². The van der Waals surface area contributed by atoms with Gasteiger partial charge in [-0.2, -0.15) is 0 Å².